The molecule has 0 aliphatic carbocycles. The standard InChI is InChI=1S/C16H19N5O2/c17-16(22)14-9-13(1-6-19-14)23-10-12-3-7-21(8-4-12)15-2-5-18-11-20-15/h1-2,5-6,9,11-12H,3-4,7-8,10H2,(H2,17,22). The van der Waals surface area contributed by atoms with Gasteiger partial charge < -0.3 is 15.4 Å². The predicted octanol–water partition coefficient (Wildman–Crippen LogP) is 1.27. The molecule has 2 N–H and O–H groups in total. The van der Waals surface area contributed by atoms with Gasteiger partial charge in [0, 0.05) is 31.5 Å². The van der Waals surface area contributed by atoms with Gasteiger partial charge >= 0.3 is 0 Å². The Labute approximate surface area is 134 Å². The maximum atomic E-state index is 11.1. The molecule has 0 unspecified atom stereocenters. The van der Waals surface area contributed by atoms with E-state index in [-0.39, 0.29) is 5.69 Å². The van der Waals surface area contributed by atoms with E-state index in [0.717, 1.165) is 31.7 Å². The van der Waals surface area contributed by atoms with Gasteiger partial charge in [0.1, 0.15) is 23.6 Å². The van der Waals surface area contributed by atoms with E-state index in [1.807, 2.05) is 6.07 Å². The Morgan fingerprint density at radius 3 is 2.78 bits per heavy atom. The first kappa shape index (κ1) is 15.2. The average molecular weight is 313 g/mol. The fourth-order valence-electron chi connectivity index (χ4n) is 2.65. The van der Waals surface area contributed by atoms with Gasteiger partial charge in [-0.1, -0.05) is 0 Å². The summed E-state index contributed by atoms with van der Waals surface area (Å²) in [6.45, 7) is 2.53. The predicted molar refractivity (Wildman–Crippen MR) is 85.2 cm³/mol. The molecule has 3 heterocycles. The highest BCUT2D eigenvalue weighted by molar-refractivity contribution is 5.91. The van der Waals surface area contributed by atoms with Crippen molar-refractivity contribution in [1.82, 2.24) is 15.0 Å². The second-order valence-electron chi connectivity index (χ2n) is 5.55. The van der Waals surface area contributed by atoms with E-state index < -0.39 is 5.91 Å². The number of nitrogens with zero attached hydrogens (tertiary/aromatic N) is 4. The molecule has 1 aliphatic heterocycles. The summed E-state index contributed by atoms with van der Waals surface area (Å²) in [5, 5.41) is 0. The highest BCUT2D eigenvalue weighted by atomic mass is 16.5. The minimum atomic E-state index is -0.548. The number of piperidine rings is 1. The largest absolute Gasteiger partial charge is 0.493 e. The molecule has 0 atom stereocenters. The van der Waals surface area contributed by atoms with Crippen molar-refractivity contribution in [2.24, 2.45) is 11.7 Å². The molecule has 1 aliphatic rings. The number of rotatable bonds is 5. The van der Waals surface area contributed by atoms with Crippen LogP contribution >= 0.6 is 0 Å². The van der Waals surface area contributed by atoms with Crippen LogP contribution in [-0.2, 0) is 0 Å². The van der Waals surface area contributed by atoms with Gasteiger partial charge in [-0.2, -0.15) is 0 Å². The van der Waals surface area contributed by atoms with E-state index in [1.165, 1.54) is 6.20 Å². The smallest absolute Gasteiger partial charge is 0.267 e. The Morgan fingerprint density at radius 1 is 1.26 bits per heavy atom. The lowest BCUT2D eigenvalue weighted by Crippen LogP contribution is -2.36. The number of pyridine rings is 1. The quantitative estimate of drug-likeness (QED) is 0.893. The molecule has 3 rings (SSSR count). The molecular formula is C16H19N5O2. The molecule has 0 saturated carbocycles. The Hall–Kier alpha value is -2.70. The lowest BCUT2D eigenvalue weighted by Gasteiger charge is -2.32. The summed E-state index contributed by atoms with van der Waals surface area (Å²) < 4.78 is 5.79. The third-order valence-electron chi connectivity index (χ3n) is 3.97. The van der Waals surface area contributed by atoms with Gasteiger partial charge in [0.2, 0.25) is 0 Å². The second kappa shape index (κ2) is 7.04. The molecule has 1 saturated heterocycles. The zero-order valence-electron chi connectivity index (χ0n) is 12.8. The number of hydrogen-bond acceptors (Lipinski definition) is 6. The van der Waals surface area contributed by atoms with Gasteiger partial charge in [-0.05, 0) is 30.9 Å². The second-order valence-corrected chi connectivity index (χ2v) is 5.55. The number of carbonyl (C=O) groups excluding carboxylic acids is 1. The fraction of sp³-hybridized carbons (Fsp3) is 0.375. The van der Waals surface area contributed by atoms with Gasteiger partial charge in [0.25, 0.3) is 5.91 Å². The zero-order valence-corrected chi connectivity index (χ0v) is 12.8. The SMILES string of the molecule is NC(=O)c1cc(OCC2CCN(c3ccncn3)CC2)ccn1. The van der Waals surface area contributed by atoms with E-state index in [0.29, 0.717) is 18.3 Å². The van der Waals surface area contributed by atoms with Crippen molar-refractivity contribution in [2.75, 3.05) is 24.6 Å². The monoisotopic (exact) mass is 313 g/mol. The number of anilines is 1. The van der Waals surface area contributed by atoms with E-state index >= 15 is 0 Å². The number of carbonyl (C=O) groups is 1. The van der Waals surface area contributed by atoms with Crippen molar-refractivity contribution >= 4 is 11.7 Å². The minimum absolute atomic E-state index is 0.223. The van der Waals surface area contributed by atoms with E-state index in [9.17, 15) is 4.79 Å². The van der Waals surface area contributed by atoms with Gasteiger partial charge in [-0.25, -0.2) is 9.97 Å². The number of amides is 1. The molecule has 120 valence electrons. The molecule has 2 aromatic heterocycles. The lowest BCUT2D eigenvalue weighted by atomic mass is 9.98. The number of aromatic nitrogens is 3. The summed E-state index contributed by atoms with van der Waals surface area (Å²) in [7, 11) is 0. The molecule has 2 aromatic rings. The van der Waals surface area contributed by atoms with Crippen LogP contribution in [-0.4, -0.2) is 40.6 Å². The number of ether oxygens (including phenoxy) is 1. The zero-order chi connectivity index (χ0) is 16.1. The van der Waals surface area contributed by atoms with Crippen molar-refractivity contribution < 1.29 is 9.53 Å². The van der Waals surface area contributed by atoms with E-state index in [2.05, 4.69) is 19.9 Å². The van der Waals surface area contributed by atoms with E-state index in [1.54, 1.807) is 24.7 Å². The summed E-state index contributed by atoms with van der Waals surface area (Å²) in [6.07, 6.45) is 6.95. The van der Waals surface area contributed by atoms with Crippen LogP contribution in [0, 0.1) is 5.92 Å². The first-order chi connectivity index (χ1) is 11.2. The van der Waals surface area contributed by atoms with Crippen molar-refractivity contribution in [3.63, 3.8) is 0 Å². The highest BCUT2D eigenvalue weighted by Crippen LogP contribution is 2.22. The van der Waals surface area contributed by atoms with Gasteiger partial charge in [0.05, 0.1) is 6.61 Å². The molecule has 7 heteroatoms. The van der Waals surface area contributed by atoms with Crippen LogP contribution in [0.3, 0.4) is 0 Å². The minimum Gasteiger partial charge on any atom is -0.493 e. The van der Waals surface area contributed by atoms with Crippen LogP contribution in [0.25, 0.3) is 0 Å². The third-order valence-corrected chi connectivity index (χ3v) is 3.97. The molecule has 0 spiro atoms. The normalized spacial score (nSPS) is 15.4. The Balaban J connectivity index is 1.49. The van der Waals surface area contributed by atoms with Crippen LogP contribution in [0.15, 0.2) is 36.9 Å². The van der Waals surface area contributed by atoms with Crippen LogP contribution in [0.1, 0.15) is 23.3 Å². The van der Waals surface area contributed by atoms with Crippen molar-refractivity contribution in [3.05, 3.63) is 42.6 Å². The van der Waals surface area contributed by atoms with Crippen LogP contribution in [0.2, 0.25) is 0 Å². The lowest BCUT2D eigenvalue weighted by molar-refractivity contribution is 0.0995. The van der Waals surface area contributed by atoms with E-state index in [4.69, 9.17) is 10.5 Å². The summed E-state index contributed by atoms with van der Waals surface area (Å²) in [5.74, 6) is 1.54. The highest BCUT2D eigenvalue weighted by Gasteiger charge is 2.20. The van der Waals surface area contributed by atoms with Gasteiger partial charge in [-0.3, -0.25) is 9.78 Å². The van der Waals surface area contributed by atoms with Crippen molar-refractivity contribution in [1.29, 1.82) is 0 Å². The maximum absolute atomic E-state index is 11.1. The third kappa shape index (κ3) is 3.94. The number of hydrogen-bond donors (Lipinski definition) is 1. The molecule has 0 aromatic carbocycles. The Morgan fingerprint density at radius 2 is 2.09 bits per heavy atom. The average Bonchev–Trinajstić information content (AvgIpc) is 2.61. The van der Waals surface area contributed by atoms with Crippen molar-refractivity contribution in [3.8, 4) is 5.75 Å². The number of primary amides is 1. The molecular weight excluding hydrogens is 294 g/mol. The summed E-state index contributed by atoms with van der Waals surface area (Å²) in [5.41, 5.74) is 5.44. The van der Waals surface area contributed by atoms with Gasteiger partial charge in [0.15, 0.2) is 0 Å². The maximum Gasteiger partial charge on any atom is 0.267 e. The summed E-state index contributed by atoms with van der Waals surface area (Å²) in [4.78, 5) is 25.5. The first-order valence-electron chi connectivity index (χ1n) is 7.62. The Kier molecular flexibility index (Phi) is 4.65. The Bertz CT molecular complexity index is 657. The topological polar surface area (TPSA) is 94.2 Å². The molecule has 23 heavy (non-hydrogen) atoms. The first-order valence-corrected chi connectivity index (χ1v) is 7.62. The summed E-state index contributed by atoms with van der Waals surface area (Å²) >= 11 is 0. The molecule has 1 amide bonds. The molecule has 0 radical (unpaired) electrons. The number of nitrogens with two attached hydrogens (primary N) is 1. The van der Waals surface area contributed by atoms with Crippen LogP contribution in [0.4, 0.5) is 5.82 Å². The van der Waals surface area contributed by atoms with Crippen molar-refractivity contribution in [2.45, 2.75) is 12.8 Å². The summed E-state index contributed by atoms with van der Waals surface area (Å²) in [6, 6.07) is 5.25. The van der Waals surface area contributed by atoms with Crippen LogP contribution < -0.4 is 15.4 Å². The van der Waals surface area contributed by atoms with Gasteiger partial charge in [-0.15, -0.1) is 0 Å². The fourth-order valence-corrected chi connectivity index (χ4v) is 2.65. The molecule has 0 bridgehead atoms. The molecule has 7 nitrogen and oxygen atoms in total. The molecule has 1 fully saturated rings. The van der Waals surface area contributed by atoms with Crippen LogP contribution in [0.5, 0.6) is 5.75 Å².